The lowest BCUT2D eigenvalue weighted by atomic mass is 10.1. The molecular weight excluding hydrogens is 186 g/mol. The highest BCUT2D eigenvalue weighted by molar-refractivity contribution is 5.92. The number of rotatable bonds is 1. The molecule has 0 aromatic heterocycles. The van der Waals surface area contributed by atoms with E-state index < -0.39 is 0 Å². The molecular formula is C8H14N3O3+. The van der Waals surface area contributed by atoms with Gasteiger partial charge in [0.25, 0.3) is 5.91 Å². The molecule has 1 atom stereocenters. The third kappa shape index (κ3) is 1.85. The lowest BCUT2D eigenvalue weighted by Crippen LogP contribution is -3.19. The molecule has 2 rings (SSSR count). The molecule has 6 nitrogen and oxygen atoms in total. The quantitative estimate of drug-likeness (QED) is 0.418. The predicted molar refractivity (Wildman–Crippen MR) is 46.2 cm³/mol. The van der Waals surface area contributed by atoms with Crippen molar-refractivity contribution in [1.29, 1.82) is 0 Å². The molecule has 0 spiro atoms. The molecule has 2 heterocycles. The highest BCUT2D eigenvalue weighted by Gasteiger charge is 2.36. The first-order valence-electron chi connectivity index (χ1n) is 4.78. The van der Waals surface area contributed by atoms with E-state index in [-0.39, 0.29) is 24.3 Å². The van der Waals surface area contributed by atoms with Crippen molar-refractivity contribution < 1.29 is 19.2 Å². The van der Waals surface area contributed by atoms with Crippen molar-refractivity contribution in [3.05, 3.63) is 0 Å². The molecule has 2 aliphatic rings. The van der Waals surface area contributed by atoms with E-state index in [9.17, 15) is 9.59 Å². The summed E-state index contributed by atoms with van der Waals surface area (Å²) in [7, 11) is 0. The second kappa shape index (κ2) is 3.93. The first-order chi connectivity index (χ1) is 6.77. The van der Waals surface area contributed by atoms with E-state index in [0.717, 1.165) is 18.0 Å². The van der Waals surface area contributed by atoms with Crippen LogP contribution in [0.3, 0.4) is 0 Å². The van der Waals surface area contributed by atoms with Crippen LogP contribution in [0.2, 0.25) is 0 Å². The van der Waals surface area contributed by atoms with Gasteiger partial charge in [0.1, 0.15) is 13.1 Å². The molecule has 2 aliphatic heterocycles. The molecule has 6 heteroatoms. The lowest BCUT2D eigenvalue weighted by molar-refractivity contribution is -0.923. The largest absolute Gasteiger partial charge is 0.370 e. The van der Waals surface area contributed by atoms with Gasteiger partial charge in [-0.3, -0.25) is 20.4 Å². The molecule has 0 aliphatic carbocycles. The molecule has 0 radical (unpaired) electrons. The Morgan fingerprint density at radius 3 is 2.64 bits per heavy atom. The van der Waals surface area contributed by atoms with Crippen LogP contribution in [0.5, 0.6) is 0 Å². The number of hydrogen-bond acceptors (Lipinski definition) is 3. The van der Waals surface area contributed by atoms with Gasteiger partial charge in [-0.25, -0.2) is 0 Å². The SMILES string of the molecule is O=C1C[C@@H]([NH+]2CCOCC2)C(=O)NN1. The van der Waals surface area contributed by atoms with E-state index >= 15 is 0 Å². The van der Waals surface area contributed by atoms with Gasteiger partial charge in [0, 0.05) is 0 Å². The van der Waals surface area contributed by atoms with Gasteiger partial charge in [0.15, 0.2) is 6.04 Å². The molecule has 2 saturated heterocycles. The van der Waals surface area contributed by atoms with Gasteiger partial charge < -0.3 is 9.64 Å². The maximum Gasteiger partial charge on any atom is 0.297 e. The van der Waals surface area contributed by atoms with Crippen LogP contribution in [0.25, 0.3) is 0 Å². The van der Waals surface area contributed by atoms with Gasteiger partial charge in [0.2, 0.25) is 5.91 Å². The Morgan fingerprint density at radius 1 is 1.21 bits per heavy atom. The maximum atomic E-state index is 11.5. The number of amides is 2. The van der Waals surface area contributed by atoms with E-state index in [0.29, 0.717) is 13.2 Å². The molecule has 0 saturated carbocycles. The number of quaternary nitrogens is 1. The molecule has 0 bridgehead atoms. The Morgan fingerprint density at radius 2 is 1.93 bits per heavy atom. The van der Waals surface area contributed by atoms with Crippen LogP contribution in [0.15, 0.2) is 0 Å². The van der Waals surface area contributed by atoms with Gasteiger partial charge in [-0.15, -0.1) is 0 Å². The molecule has 2 fully saturated rings. The van der Waals surface area contributed by atoms with Crippen LogP contribution in [0, 0.1) is 0 Å². The van der Waals surface area contributed by atoms with Crippen molar-refractivity contribution in [3.8, 4) is 0 Å². The number of hydrogen-bond donors (Lipinski definition) is 3. The predicted octanol–water partition coefficient (Wildman–Crippen LogP) is -3.18. The zero-order chi connectivity index (χ0) is 9.97. The molecule has 0 aromatic carbocycles. The highest BCUT2D eigenvalue weighted by atomic mass is 16.5. The van der Waals surface area contributed by atoms with Crippen LogP contribution in [-0.2, 0) is 14.3 Å². The zero-order valence-corrected chi connectivity index (χ0v) is 7.84. The topological polar surface area (TPSA) is 71.9 Å². The van der Waals surface area contributed by atoms with Gasteiger partial charge in [-0.2, -0.15) is 0 Å². The second-order valence-electron chi connectivity index (χ2n) is 3.56. The van der Waals surface area contributed by atoms with Crippen LogP contribution < -0.4 is 15.8 Å². The average molecular weight is 200 g/mol. The van der Waals surface area contributed by atoms with E-state index in [1.165, 1.54) is 0 Å². The standard InChI is InChI=1S/C8H13N3O3/c12-7-5-6(8(13)10-9-7)11-1-3-14-4-2-11/h6H,1-5H2,(H,9,12)(H,10,13)/p+1/t6-/m1/s1. The molecule has 0 unspecified atom stereocenters. The van der Waals surface area contributed by atoms with Crippen molar-refractivity contribution in [2.45, 2.75) is 12.5 Å². The summed E-state index contributed by atoms with van der Waals surface area (Å²) in [5, 5.41) is 0. The fourth-order valence-corrected chi connectivity index (χ4v) is 1.86. The fraction of sp³-hybridized carbons (Fsp3) is 0.750. The van der Waals surface area contributed by atoms with Crippen LogP contribution in [0.1, 0.15) is 6.42 Å². The third-order valence-electron chi connectivity index (χ3n) is 2.66. The third-order valence-corrected chi connectivity index (χ3v) is 2.66. The Labute approximate surface area is 81.5 Å². The van der Waals surface area contributed by atoms with E-state index in [4.69, 9.17) is 4.74 Å². The van der Waals surface area contributed by atoms with E-state index in [1.807, 2.05) is 0 Å². The minimum Gasteiger partial charge on any atom is -0.370 e. The first kappa shape index (κ1) is 9.42. The van der Waals surface area contributed by atoms with Crippen LogP contribution in [-0.4, -0.2) is 44.2 Å². The maximum absolute atomic E-state index is 11.5. The number of carbonyl (C=O) groups is 2. The number of morpholine rings is 1. The number of ether oxygens (including phenoxy) is 1. The molecule has 2 amide bonds. The lowest BCUT2D eigenvalue weighted by Gasteiger charge is -2.32. The summed E-state index contributed by atoms with van der Waals surface area (Å²) in [4.78, 5) is 23.7. The minimum atomic E-state index is -0.243. The van der Waals surface area contributed by atoms with Crippen LogP contribution >= 0.6 is 0 Å². The summed E-state index contributed by atoms with van der Waals surface area (Å²) in [5.41, 5.74) is 4.70. The Balaban J connectivity index is 1.99. The van der Waals surface area contributed by atoms with Gasteiger partial charge in [-0.1, -0.05) is 0 Å². The second-order valence-corrected chi connectivity index (χ2v) is 3.56. The average Bonchev–Trinajstić information content (AvgIpc) is 2.23. The number of carbonyl (C=O) groups excluding carboxylic acids is 2. The first-order valence-corrected chi connectivity index (χ1v) is 4.78. The Bertz CT molecular complexity index is 250. The monoisotopic (exact) mass is 200 g/mol. The molecule has 14 heavy (non-hydrogen) atoms. The summed E-state index contributed by atoms with van der Waals surface area (Å²) in [5.74, 6) is -0.213. The molecule has 78 valence electrons. The summed E-state index contributed by atoms with van der Waals surface area (Å²) >= 11 is 0. The normalized spacial score (nSPS) is 29.6. The number of nitrogens with one attached hydrogen (secondary N) is 3. The smallest absolute Gasteiger partial charge is 0.297 e. The van der Waals surface area contributed by atoms with Gasteiger partial charge >= 0.3 is 0 Å². The Kier molecular flexibility index (Phi) is 2.64. The van der Waals surface area contributed by atoms with E-state index in [2.05, 4.69) is 10.9 Å². The Hall–Kier alpha value is -1.14. The molecule has 0 aromatic rings. The van der Waals surface area contributed by atoms with E-state index in [1.54, 1.807) is 0 Å². The summed E-state index contributed by atoms with van der Waals surface area (Å²) in [6, 6.07) is -0.243. The molecule has 3 N–H and O–H groups in total. The van der Waals surface area contributed by atoms with Crippen LogP contribution in [0.4, 0.5) is 0 Å². The van der Waals surface area contributed by atoms with Crippen molar-refractivity contribution in [2.75, 3.05) is 26.3 Å². The zero-order valence-electron chi connectivity index (χ0n) is 7.84. The summed E-state index contributed by atoms with van der Waals surface area (Å²) in [6.45, 7) is 2.93. The summed E-state index contributed by atoms with van der Waals surface area (Å²) < 4.78 is 5.20. The van der Waals surface area contributed by atoms with Crippen molar-refractivity contribution >= 4 is 11.8 Å². The summed E-state index contributed by atoms with van der Waals surface area (Å²) in [6.07, 6.45) is 0.279. The van der Waals surface area contributed by atoms with Crippen molar-refractivity contribution in [2.24, 2.45) is 0 Å². The fourth-order valence-electron chi connectivity index (χ4n) is 1.86. The van der Waals surface area contributed by atoms with Crippen molar-refractivity contribution in [3.63, 3.8) is 0 Å². The van der Waals surface area contributed by atoms with Gasteiger partial charge in [-0.05, 0) is 0 Å². The van der Waals surface area contributed by atoms with Crippen molar-refractivity contribution in [1.82, 2.24) is 10.9 Å². The number of hydrazine groups is 1. The minimum absolute atomic E-state index is 0.0958. The van der Waals surface area contributed by atoms with Gasteiger partial charge in [0.05, 0.1) is 19.6 Å². The highest BCUT2D eigenvalue weighted by Crippen LogP contribution is 1.94.